The predicted octanol–water partition coefficient (Wildman–Crippen LogP) is 2.17. The minimum Gasteiger partial charge on any atom is -0.339 e. The summed E-state index contributed by atoms with van der Waals surface area (Å²) in [6.45, 7) is 8.48. The molecule has 0 N–H and O–H groups in total. The zero-order valence-electron chi connectivity index (χ0n) is 13.8. The quantitative estimate of drug-likeness (QED) is 0.853. The number of nitrogens with zero attached hydrogens (tertiary/aromatic N) is 4. The number of aromatic nitrogens is 2. The van der Waals surface area contributed by atoms with E-state index >= 15 is 0 Å². The molecule has 1 aromatic heterocycles. The zero-order chi connectivity index (χ0) is 15.7. The fourth-order valence-electron chi connectivity index (χ4n) is 3.82. The van der Waals surface area contributed by atoms with Gasteiger partial charge in [-0.3, -0.25) is 9.69 Å². The van der Waals surface area contributed by atoms with Gasteiger partial charge in [0.05, 0.1) is 6.54 Å². The molecule has 2 unspecified atom stereocenters. The van der Waals surface area contributed by atoms with Crippen LogP contribution in [0.25, 0.3) is 0 Å². The molecule has 0 aliphatic carbocycles. The maximum atomic E-state index is 11.8. The van der Waals surface area contributed by atoms with Gasteiger partial charge in [0.15, 0.2) is 5.82 Å². The summed E-state index contributed by atoms with van der Waals surface area (Å²) in [6, 6.07) is 0.795. The molecular formula is C16H26N4O2. The summed E-state index contributed by atoms with van der Waals surface area (Å²) in [4.78, 5) is 20.8. The highest BCUT2D eigenvalue weighted by Gasteiger charge is 2.39. The lowest BCUT2D eigenvalue weighted by Crippen LogP contribution is -2.47. The van der Waals surface area contributed by atoms with Crippen LogP contribution in [0.5, 0.6) is 0 Å². The summed E-state index contributed by atoms with van der Waals surface area (Å²) in [5.41, 5.74) is 0. The van der Waals surface area contributed by atoms with Gasteiger partial charge in [-0.25, -0.2) is 0 Å². The normalized spacial score (nSPS) is 26.3. The third-order valence-electron chi connectivity index (χ3n) is 4.88. The minimum atomic E-state index is 0.205. The van der Waals surface area contributed by atoms with E-state index < -0.39 is 0 Å². The van der Waals surface area contributed by atoms with Crippen LogP contribution < -0.4 is 0 Å². The van der Waals surface area contributed by atoms with Crippen molar-refractivity contribution < 1.29 is 9.32 Å². The lowest BCUT2D eigenvalue weighted by molar-refractivity contribution is -0.130. The Morgan fingerprint density at radius 3 is 2.68 bits per heavy atom. The van der Waals surface area contributed by atoms with Crippen LogP contribution in [0.15, 0.2) is 4.52 Å². The Bertz CT molecular complexity index is 528. The van der Waals surface area contributed by atoms with Gasteiger partial charge in [0.2, 0.25) is 11.8 Å². The maximum absolute atomic E-state index is 11.8. The largest absolute Gasteiger partial charge is 0.339 e. The summed E-state index contributed by atoms with van der Waals surface area (Å²) in [6.07, 6.45) is 4.57. The average molecular weight is 306 g/mol. The van der Waals surface area contributed by atoms with E-state index in [0.29, 0.717) is 18.0 Å². The van der Waals surface area contributed by atoms with Gasteiger partial charge in [-0.05, 0) is 32.2 Å². The van der Waals surface area contributed by atoms with Crippen molar-refractivity contribution in [2.45, 2.75) is 71.0 Å². The smallest absolute Gasteiger partial charge is 0.229 e. The van der Waals surface area contributed by atoms with Gasteiger partial charge in [-0.2, -0.15) is 4.98 Å². The van der Waals surface area contributed by atoms with E-state index in [0.717, 1.165) is 44.7 Å². The zero-order valence-corrected chi connectivity index (χ0v) is 13.8. The molecule has 0 saturated carbocycles. The number of hydrogen-bond acceptors (Lipinski definition) is 5. The second-order valence-corrected chi connectivity index (χ2v) is 6.81. The van der Waals surface area contributed by atoms with Crippen LogP contribution >= 0.6 is 0 Å². The highest BCUT2D eigenvalue weighted by molar-refractivity contribution is 5.74. The summed E-state index contributed by atoms with van der Waals surface area (Å²) in [7, 11) is 0. The Morgan fingerprint density at radius 2 is 2.00 bits per heavy atom. The summed E-state index contributed by atoms with van der Waals surface area (Å²) < 4.78 is 5.30. The number of likely N-dealkylation sites (tertiary alicyclic amines) is 2. The highest BCUT2D eigenvalue weighted by Crippen LogP contribution is 2.30. The molecule has 0 radical (unpaired) electrons. The van der Waals surface area contributed by atoms with Crippen molar-refractivity contribution in [2.24, 2.45) is 0 Å². The second kappa shape index (κ2) is 6.36. The molecule has 2 aliphatic rings. The van der Waals surface area contributed by atoms with Crippen LogP contribution in [0.2, 0.25) is 0 Å². The van der Waals surface area contributed by atoms with Crippen LogP contribution in [0.1, 0.15) is 64.1 Å². The topological polar surface area (TPSA) is 62.5 Å². The van der Waals surface area contributed by atoms with E-state index in [1.165, 1.54) is 6.42 Å². The average Bonchev–Trinajstić information content (AvgIpc) is 3.17. The molecule has 3 heterocycles. The van der Waals surface area contributed by atoms with Crippen LogP contribution in [0.4, 0.5) is 0 Å². The number of carbonyl (C=O) groups excluding carboxylic acids is 1. The van der Waals surface area contributed by atoms with Crippen LogP contribution in [-0.4, -0.2) is 51.0 Å². The lowest BCUT2D eigenvalue weighted by atomic mass is 10.0. The molecule has 3 rings (SSSR count). The molecule has 122 valence electrons. The van der Waals surface area contributed by atoms with E-state index in [1.807, 2.05) is 0 Å². The molecule has 2 atom stereocenters. The van der Waals surface area contributed by atoms with Gasteiger partial charge >= 0.3 is 0 Å². The molecule has 2 fully saturated rings. The molecule has 0 aromatic carbocycles. The first kappa shape index (κ1) is 15.5. The van der Waals surface area contributed by atoms with Crippen LogP contribution in [0, 0.1) is 0 Å². The highest BCUT2D eigenvalue weighted by atomic mass is 16.5. The third-order valence-corrected chi connectivity index (χ3v) is 4.88. The summed E-state index contributed by atoms with van der Waals surface area (Å²) in [5.74, 6) is 1.94. The fourth-order valence-corrected chi connectivity index (χ4v) is 3.82. The molecule has 22 heavy (non-hydrogen) atoms. The van der Waals surface area contributed by atoms with Crippen molar-refractivity contribution in [3.8, 4) is 0 Å². The minimum absolute atomic E-state index is 0.205. The Balaban J connectivity index is 1.68. The number of amides is 1. The molecule has 2 saturated heterocycles. The molecule has 1 aromatic rings. The first-order valence-electron chi connectivity index (χ1n) is 8.40. The Labute approximate surface area is 131 Å². The number of hydrogen-bond donors (Lipinski definition) is 0. The fraction of sp³-hybridized carbons (Fsp3) is 0.812. The first-order chi connectivity index (χ1) is 10.6. The molecule has 6 heteroatoms. The van der Waals surface area contributed by atoms with Gasteiger partial charge in [0, 0.05) is 31.5 Å². The Kier molecular flexibility index (Phi) is 4.47. The van der Waals surface area contributed by atoms with E-state index in [9.17, 15) is 4.79 Å². The standard InChI is InChI=1S/C16H26N4O2/c1-11(2)16-17-15(18-22-16)10-19-8-4-6-13(19)14-7-5-9-20(14)12(3)21/h11,13-14H,4-10H2,1-3H3. The number of rotatable bonds is 4. The second-order valence-electron chi connectivity index (χ2n) is 6.81. The summed E-state index contributed by atoms with van der Waals surface area (Å²) >= 11 is 0. The van der Waals surface area contributed by atoms with Crippen molar-refractivity contribution in [1.29, 1.82) is 0 Å². The molecule has 0 bridgehead atoms. The molecular weight excluding hydrogens is 280 g/mol. The number of carbonyl (C=O) groups is 1. The molecule has 1 amide bonds. The lowest BCUT2D eigenvalue weighted by Gasteiger charge is -2.34. The van der Waals surface area contributed by atoms with Crippen molar-refractivity contribution >= 4 is 5.91 Å². The summed E-state index contributed by atoms with van der Waals surface area (Å²) in [5, 5.41) is 4.11. The predicted molar refractivity (Wildman–Crippen MR) is 82.2 cm³/mol. The molecule has 2 aliphatic heterocycles. The third kappa shape index (κ3) is 3.02. The van der Waals surface area contributed by atoms with E-state index in [1.54, 1.807) is 6.92 Å². The van der Waals surface area contributed by atoms with Crippen molar-refractivity contribution in [1.82, 2.24) is 19.9 Å². The van der Waals surface area contributed by atoms with E-state index in [4.69, 9.17) is 4.52 Å². The van der Waals surface area contributed by atoms with Crippen LogP contribution in [0.3, 0.4) is 0 Å². The van der Waals surface area contributed by atoms with Crippen LogP contribution in [-0.2, 0) is 11.3 Å². The van der Waals surface area contributed by atoms with Crippen molar-refractivity contribution in [3.63, 3.8) is 0 Å². The van der Waals surface area contributed by atoms with Crippen molar-refractivity contribution in [3.05, 3.63) is 11.7 Å². The Hall–Kier alpha value is -1.43. The van der Waals surface area contributed by atoms with Gasteiger partial charge in [0.1, 0.15) is 0 Å². The van der Waals surface area contributed by atoms with Gasteiger partial charge in [0.25, 0.3) is 0 Å². The first-order valence-corrected chi connectivity index (χ1v) is 8.40. The SMILES string of the molecule is CC(=O)N1CCCC1C1CCCN1Cc1noc(C(C)C)n1. The molecule has 0 spiro atoms. The van der Waals surface area contributed by atoms with E-state index in [2.05, 4.69) is 33.8 Å². The molecule has 6 nitrogen and oxygen atoms in total. The maximum Gasteiger partial charge on any atom is 0.229 e. The van der Waals surface area contributed by atoms with Gasteiger partial charge < -0.3 is 9.42 Å². The van der Waals surface area contributed by atoms with Gasteiger partial charge in [-0.1, -0.05) is 19.0 Å². The Morgan fingerprint density at radius 1 is 1.27 bits per heavy atom. The van der Waals surface area contributed by atoms with Gasteiger partial charge in [-0.15, -0.1) is 0 Å². The van der Waals surface area contributed by atoms with E-state index in [-0.39, 0.29) is 11.8 Å². The monoisotopic (exact) mass is 306 g/mol. The van der Waals surface area contributed by atoms with Crippen molar-refractivity contribution in [2.75, 3.05) is 13.1 Å².